The first-order chi connectivity index (χ1) is 8.38. The summed E-state index contributed by atoms with van der Waals surface area (Å²) in [6, 6.07) is 15.6. The van der Waals surface area contributed by atoms with Crippen LogP contribution in [0.5, 0.6) is 0 Å². The molecule has 1 aromatic heterocycles. The Morgan fingerprint density at radius 3 is 2.59 bits per heavy atom. The van der Waals surface area contributed by atoms with E-state index in [9.17, 15) is 4.79 Å². The van der Waals surface area contributed by atoms with Crippen molar-refractivity contribution in [2.45, 2.75) is 0 Å². The molecule has 17 heavy (non-hydrogen) atoms. The number of hydrogen-bond acceptors (Lipinski definition) is 3. The molecule has 0 saturated carbocycles. The largest absolute Gasteiger partial charge is 0.298 e. The van der Waals surface area contributed by atoms with Crippen LogP contribution < -0.4 is 0 Å². The Morgan fingerprint density at radius 2 is 1.82 bits per heavy atom. The second-order valence-electron chi connectivity index (χ2n) is 3.70. The van der Waals surface area contributed by atoms with Gasteiger partial charge in [0.25, 0.3) is 0 Å². The highest BCUT2D eigenvalue weighted by Crippen LogP contribution is 2.31. The van der Waals surface area contributed by atoms with E-state index in [4.69, 9.17) is 0 Å². The van der Waals surface area contributed by atoms with Crippen molar-refractivity contribution in [2.75, 3.05) is 0 Å². The zero-order valence-corrected chi connectivity index (χ0v) is 9.78. The first-order valence-electron chi connectivity index (χ1n) is 5.28. The average Bonchev–Trinajstić information content (AvgIpc) is 2.83. The first kappa shape index (κ1) is 10.2. The van der Waals surface area contributed by atoms with Gasteiger partial charge in [-0.1, -0.05) is 42.5 Å². The van der Waals surface area contributed by atoms with Crippen LogP contribution in [-0.2, 0) is 0 Å². The van der Waals surface area contributed by atoms with Gasteiger partial charge in [0.2, 0.25) is 0 Å². The van der Waals surface area contributed by atoms with Crippen molar-refractivity contribution >= 4 is 27.8 Å². The lowest BCUT2D eigenvalue weighted by atomic mass is 10.2. The van der Waals surface area contributed by atoms with Gasteiger partial charge in [-0.25, -0.2) is 4.98 Å². The number of rotatable bonds is 2. The Bertz CT molecular complexity index is 673. The van der Waals surface area contributed by atoms with Crippen LogP contribution >= 0.6 is 11.3 Å². The Kier molecular flexibility index (Phi) is 2.46. The smallest absolute Gasteiger partial charge is 0.151 e. The minimum Gasteiger partial charge on any atom is -0.298 e. The van der Waals surface area contributed by atoms with Gasteiger partial charge in [0.15, 0.2) is 6.29 Å². The van der Waals surface area contributed by atoms with Gasteiger partial charge < -0.3 is 0 Å². The van der Waals surface area contributed by atoms with E-state index in [1.54, 1.807) is 11.3 Å². The van der Waals surface area contributed by atoms with Crippen molar-refractivity contribution in [3.05, 3.63) is 54.1 Å². The van der Waals surface area contributed by atoms with Crippen molar-refractivity contribution in [1.29, 1.82) is 0 Å². The predicted molar refractivity (Wildman–Crippen MR) is 70.4 cm³/mol. The molecule has 0 spiro atoms. The van der Waals surface area contributed by atoms with Gasteiger partial charge in [-0.3, -0.25) is 4.79 Å². The normalized spacial score (nSPS) is 10.6. The van der Waals surface area contributed by atoms with Crippen LogP contribution in [0.25, 0.3) is 20.8 Å². The number of aldehydes is 1. The third kappa shape index (κ3) is 1.74. The summed E-state index contributed by atoms with van der Waals surface area (Å²) in [5, 5.41) is 0.954. The molecule has 3 heteroatoms. The summed E-state index contributed by atoms with van der Waals surface area (Å²) in [5.74, 6) is 0. The summed E-state index contributed by atoms with van der Waals surface area (Å²) < 4.78 is 0.960. The SMILES string of the molecule is O=Cc1cccc2nc(-c3ccccc3)sc12. The van der Waals surface area contributed by atoms with Gasteiger partial charge >= 0.3 is 0 Å². The predicted octanol–water partition coefficient (Wildman–Crippen LogP) is 3.78. The van der Waals surface area contributed by atoms with Gasteiger partial charge in [0, 0.05) is 11.1 Å². The van der Waals surface area contributed by atoms with Crippen LogP contribution in [-0.4, -0.2) is 11.3 Å². The Labute approximate surface area is 103 Å². The molecular weight excluding hydrogens is 230 g/mol. The lowest BCUT2D eigenvalue weighted by molar-refractivity contribution is 0.112. The molecule has 0 aliphatic rings. The quantitative estimate of drug-likeness (QED) is 0.637. The van der Waals surface area contributed by atoms with E-state index in [1.807, 2.05) is 48.5 Å². The summed E-state index contributed by atoms with van der Waals surface area (Å²) in [6.07, 6.45) is 0.884. The van der Waals surface area contributed by atoms with E-state index in [2.05, 4.69) is 4.98 Å². The molecule has 0 aliphatic carbocycles. The second-order valence-corrected chi connectivity index (χ2v) is 4.70. The molecule has 3 rings (SSSR count). The molecule has 0 unspecified atom stereocenters. The van der Waals surface area contributed by atoms with E-state index in [0.29, 0.717) is 5.56 Å². The van der Waals surface area contributed by atoms with E-state index in [1.165, 1.54) is 0 Å². The molecular formula is C14H9NOS. The summed E-state index contributed by atoms with van der Waals surface area (Å²) in [6.45, 7) is 0. The maximum Gasteiger partial charge on any atom is 0.151 e. The van der Waals surface area contributed by atoms with Crippen molar-refractivity contribution in [1.82, 2.24) is 4.98 Å². The standard InChI is InChI=1S/C14H9NOS/c16-9-11-7-4-8-12-13(11)17-14(15-12)10-5-2-1-3-6-10/h1-9H. The van der Waals surface area contributed by atoms with Crippen LogP contribution in [0.1, 0.15) is 10.4 Å². The van der Waals surface area contributed by atoms with Crippen LogP contribution in [0, 0.1) is 0 Å². The van der Waals surface area contributed by atoms with E-state index >= 15 is 0 Å². The highest BCUT2D eigenvalue weighted by Gasteiger charge is 2.08. The number of carbonyl (C=O) groups excluding carboxylic acids is 1. The molecule has 0 atom stereocenters. The minimum absolute atomic E-state index is 0.710. The highest BCUT2D eigenvalue weighted by molar-refractivity contribution is 7.22. The fourth-order valence-corrected chi connectivity index (χ4v) is 2.81. The van der Waals surface area contributed by atoms with Gasteiger partial charge in [0.1, 0.15) is 5.01 Å². The number of fused-ring (bicyclic) bond motifs is 1. The van der Waals surface area contributed by atoms with Crippen LogP contribution in [0.4, 0.5) is 0 Å². The maximum absolute atomic E-state index is 10.9. The third-order valence-electron chi connectivity index (χ3n) is 2.59. The zero-order chi connectivity index (χ0) is 11.7. The number of hydrogen-bond donors (Lipinski definition) is 0. The van der Waals surface area contributed by atoms with Gasteiger partial charge in [-0.15, -0.1) is 11.3 Å². The molecule has 0 radical (unpaired) electrons. The summed E-state index contributed by atoms with van der Waals surface area (Å²) >= 11 is 1.56. The highest BCUT2D eigenvalue weighted by atomic mass is 32.1. The summed E-state index contributed by atoms with van der Waals surface area (Å²) in [7, 11) is 0. The Morgan fingerprint density at radius 1 is 1.00 bits per heavy atom. The van der Waals surface area contributed by atoms with Crippen LogP contribution in [0.3, 0.4) is 0 Å². The molecule has 0 N–H and O–H groups in total. The van der Waals surface area contributed by atoms with Gasteiger partial charge in [-0.2, -0.15) is 0 Å². The van der Waals surface area contributed by atoms with E-state index < -0.39 is 0 Å². The second kappa shape index (κ2) is 4.11. The fourth-order valence-electron chi connectivity index (χ4n) is 1.77. The summed E-state index contributed by atoms with van der Waals surface area (Å²) in [5.41, 5.74) is 2.69. The van der Waals surface area contributed by atoms with Gasteiger partial charge in [-0.05, 0) is 6.07 Å². The molecule has 0 saturated heterocycles. The number of benzene rings is 2. The average molecular weight is 239 g/mol. The van der Waals surface area contributed by atoms with E-state index in [0.717, 1.165) is 27.1 Å². The minimum atomic E-state index is 0.710. The van der Waals surface area contributed by atoms with Crippen LogP contribution in [0.15, 0.2) is 48.5 Å². The topological polar surface area (TPSA) is 30.0 Å². The Balaban J connectivity index is 2.24. The molecule has 2 nitrogen and oxygen atoms in total. The Hall–Kier alpha value is -2.00. The lowest BCUT2D eigenvalue weighted by Crippen LogP contribution is -1.78. The number of thiazole rings is 1. The van der Waals surface area contributed by atoms with E-state index in [-0.39, 0.29) is 0 Å². The van der Waals surface area contributed by atoms with Crippen LogP contribution in [0.2, 0.25) is 0 Å². The monoisotopic (exact) mass is 239 g/mol. The van der Waals surface area contributed by atoms with Crippen molar-refractivity contribution < 1.29 is 4.79 Å². The van der Waals surface area contributed by atoms with Gasteiger partial charge in [0.05, 0.1) is 10.2 Å². The summed E-state index contributed by atoms with van der Waals surface area (Å²) in [4.78, 5) is 15.5. The number of carbonyl (C=O) groups is 1. The van der Waals surface area contributed by atoms with Crippen molar-refractivity contribution in [3.8, 4) is 10.6 Å². The third-order valence-corrected chi connectivity index (χ3v) is 3.76. The fraction of sp³-hybridized carbons (Fsp3) is 0. The molecule has 0 fully saturated rings. The molecule has 0 aliphatic heterocycles. The van der Waals surface area contributed by atoms with Crippen molar-refractivity contribution in [3.63, 3.8) is 0 Å². The lowest BCUT2D eigenvalue weighted by Gasteiger charge is -1.92. The van der Waals surface area contributed by atoms with Crippen molar-refractivity contribution in [2.24, 2.45) is 0 Å². The molecule has 2 aromatic carbocycles. The molecule has 0 amide bonds. The number of aromatic nitrogens is 1. The molecule has 1 heterocycles. The molecule has 82 valence electrons. The maximum atomic E-state index is 10.9. The molecule has 3 aromatic rings. The first-order valence-corrected chi connectivity index (χ1v) is 6.10. The molecule has 0 bridgehead atoms. The zero-order valence-electron chi connectivity index (χ0n) is 8.96. The number of nitrogens with zero attached hydrogens (tertiary/aromatic N) is 1.